The summed E-state index contributed by atoms with van der Waals surface area (Å²) < 4.78 is 5.43. The van der Waals surface area contributed by atoms with Crippen LogP contribution in [0.1, 0.15) is 90.3 Å². The molecule has 8 heteroatoms. The van der Waals surface area contributed by atoms with Crippen molar-refractivity contribution in [3.8, 4) is 12.3 Å². The molecule has 0 spiro atoms. The molecule has 0 saturated heterocycles. The quantitative estimate of drug-likeness (QED) is 0.237. The topological polar surface area (TPSA) is 87.7 Å². The standard InChI is InChI=1S/C29H45N3O4S/c1-8-11-13-19-30-26(33)25(23-16-14-22(10-3)15-17-23)32(20-12-9-2)27(34)24(18-21-37-7)31-28(35)36-29(4,5)6/h3,14-17,24-25H,8-9,11-13,18-21H2,1-2,4-7H3,(H,30,33)(H,31,35). The van der Waals surface area contributed by atoms with Crippen LogP contribution in [-0.2, 0) is 14.3 Å². The molecule has 0 aliphatic heterocycles. The van der Waals surface area contributed by atoms with Crippen LogP contribution in [0.25, 0.3) is 0 Å². The lowest BCUT2D eigenvalue weighted by atomic mass is 10.0. The van der Waals surface area contributed by atoms with Crippen LogP contribution in [0.4, 0.5) is 4.79 Å². The van der Waals surface area contributed by atoms with Crippen LogP contribution >= 0.6 is 11.8 Å². The smallest absolute Gasteiger partial charge is 0.408 e. The fourth-order valence-corrected chi connectivity index (χ4v) is 4.23. The molecule has 0 aromatic heterocycles. The van der Waals surface area contributed by atoms with Crippen molar-refractivity contribution in [3.63, 3.8) is 0 Å². The number of nitrogens with zero attached hydrogens (tertiary/aromatic N) is 1. The Morgan fingerprint density at radius 1 is 1.08 bits per heavy atom. The third kappa shape index (κ3) is 12.0. The fourth-order valence-electron chi connectivity index (χ4n) is 3.76. The summed E-state index contributed by atoms with van der Waals surface area (Å²) in [6.07, 6.45) is 11.7. The van der Waals surface area contributed by atoms with E-state index in [1.165, 1.54) is 0 Å². The third-order valence-electron chi connectivity index (χ3n) is 5.67. The van der Waals surface area contributed by atoms with Gasteiger partial charge < -0.3 is 20.3 Å². The lowest BCUT2D eigenvalue weighted by Gasteiger charge is -2.34. The second kappa shape index (κ2) is 17.0. The Labute approximate surface area is 227 Å². The average molecular weight is 532 g/mol. The molecule has 2 N–H and O–H groups in total. The maximum absolute atomic E-state index is 14.0. The van der Waals surface area contributed by atoms with E-state index in [-0.39, 0.29) is 11.8 Å². The Morgan fingerprint density at radius 2 is 1.73 bits per heavy atom. The summed E-state index contributed by atoms with van der Waals surface area (Å²) in [6, 6.07) is 5.49. The molecule has 2 unspecified atom stereocenters. The molecule has 1 rings (SSSR count). The first-order chi connectivity index (χ1) is 17.6. The first kappa shape index (κ1) is 32.4. The van der Waals surface area contributed by atoms with Crippen molar-refractivity contribution in [1.29, 1.82) is 0 Å². The summed E-state index contributed by atoms with van der Waals surface area (Å²) in [4.78, 5) is 41.8. The summed E-state index contributed by atoms with van der Waals surface area (Å²) in [5.41, 5.74) is 0.678. The Hall–Kier alpha value is -2.66. The highest BCUT2D eigenvalue weighted by Gasteiger charge is 2.35. The van der Waals surface area contributed by atoms with Crippen LogP contribution in [0.2, 0.25) is 0 Å². The van der Waals surface area contributed by atoms with E-state index in [0.29, 0.717) is 36.4 Å². The number of amides is 3. The minimum atomic E-state index is -0.843. The maximum atomic E-state index is 14.0. The molecule has 1 aromatic carbocycles. The summed E-state index contributed by atoms with van der Waals surface area (Å²) in [6.45, 7) is 10.4. The zero-order valence-corrected chi connectivity index (χ0v) is 24.2. The van der Waals surface area contributed by atoms with Gasteiger partial charge in [-0.25, -0.2) is 4.79 Å². The minimum Gasteiger partial charge on any atom is -0.444 e. The molecule has 2 atom stereocenters. The number of hydrogen-bond acceptors (Lipinski definition) is 5. The average Bonchev–Trinajstić information content (AvgIpc) is 2.85. The number of ether oxygens (including phenoxy) is 1. The van der Waals surface area contributed by atoms with E-state index in [0.717, 1.165) is 32.1 Å². The molecule has 206 valence electrons. The summed E-state index contributed by atoms with van der Waals surface area (Å²) in [7, 11) is 0. The van der Waals surface area contributed by atoms with Crippen molar-refractivity contribution in [2.45, 2.75) is 90.8 Å². The Kier molecular flexibility index (Phi) is 14.8. The van der Waals surface area contributed by atoms with Crippen LogP contribution in [0.15, 0.2) is 24.3 Å². The summed E-state index contributed by atoms with van der Waals surface area (Å²) >= 11 is 1.59. The first-order valence-electron chi connectivity index (χ1n) is 13.2. The van der Waals surface area contributed by atoms with E-state index in [4.69, 9.17) is 11.2 Å². The van der Waals surface area contributed by atoms with Crippen LogP contribution in [0, 0.1) is 12.3 Å². The number of alkyl carbamates (subject to hydrolysis) is 1. The number of rotatable bonds is 15. The van der Waals surface area contributed by atoms with Crippen molar-refractivity contribution in [2.75, 3.05) is 25.1 Å². The van der Waals surface area contributed by atoms with E-state index >= 15 is 0 Å². The van der Waals surface area contributed by atoms with E-state index < -0.39 is 23.8 Å². The number of benzene rings is 1. The number of unbranched alkanes of at least 4 members (excludes halogenated alkanes) is 3. The zero-order chi connectivity index (χ0) is 27.8. The molecule has 1 aromatic rings. The van der Waals surface area contributed by atoms with Gasteiger partial charge in [-0.1, -0.05) is 51.2 Å². The summed E-state index contributed by atoms with van der Waals surface area (Å²) in [5, 5.41) is 5.79. The first-order valence-corrected chi connectivity index (χ1v) is 14.6. The third-order valence-corrected chi connectivity index (χ3v) is 6.31. The number of nitrogens with one attached hydrogen (secondary N) is 2. The molecule has 0 bridgehead atoms. The van der Waals surface area contributed by atoms with Gasteiger partial charge in [-0.2, -0.15) is 11.8 Å². The van der Waals surface area contributed by atoms with Gasteiger partial charge in [0, 0.05) is 18.7 Å². The number of carbonyl (C=O) groups is 3. The number of carbonyl (C=O) groups excluding carboxylic acids is 3. The normalized spacial score (nSPS) is 12.7. The molecule has 0 aliphatic carbocycles. The predicted octanol–water partition coefficient (Wildman–Crippen LogP) is 5.29. The van der Waals surface area contributed by atoms with Gasteiger partial charge in [0.25, 0.3) is 0 Å². The SMILES string of the molecule is C#Cc1ccc(C(C(=O)NCCCCC)N(CCCC)C(=O)C(CCSC)NC(=O)OC(C)(C)C)cc1. The van der Waals surface area contributed by atoms with Gasteiger partial charge in [0.2, 0.25) is 11.8 Å². The van der Waals surface area contributed by atoms with E-state index in [1.807, 2.05) is 13.2 Å². The number of hydrogen-bond donors (Lipinski definition) is 2. The van der Waals surface area contributed by atoms with Crippen molar-refractivity contribution in [2.24, 2.45) is 0 Å². The molecular formula is C29H45N3O4S. The fraction of sp³-hybridized carbons (Fsp3) is 0.621. The number of terminal acetylenes is 1. The molecule has 0 fully saturated rings. The second-order valence-electron chi connectivity index (χ2n) is 10.0. The molecule has 0 saturated carbocycles. The highest BCUT2D eigenvalue weighted by atomic mass is 32.2. The Balaban J connectivity index is 3.39. The van der Waals surface area contributed by atoms with Crippen LogP contribution in [-0.4, -0.2) is 59.5 Å². The molecule has 0 heterocycles. The molecule has 37 heavy (non-hydrogen) atoms. The van der Waals surface area contributed by atoms with Gasteiger partial charge in [0.1, 0.15) is 17.7 Å². The Morgan fingerprint density at radius 3 is 2.27 bits per heavy atom. The van der Waals surface area contributed by atoms with Gasteiger partial charge in [0.05, 0.1) is 0 Å². The van der Waals surface area contributed by atoms with E-state index in [9.17, 15) is 14.4 Å². The van der Waals surface area contributed by atoms with Crippen LogP contribution < -0.4 is 10.6 Å². The van der Waals surface area contributed by atoms with Crippen molar-refractivity contribution >= 4 is 29.7 Å². The lowest BCUT2D eigenvalue weighted by Crippen LogP contribution is -2.53. The van der Waals surface area contributed by atoms with Crippen molar-refractivity contribution in [1.82, 2.24) is 15.5 Å². The van der Waals surface area contributed by atoms with Gasteiger partial charge in [-0.3, -0.25) is 9.59 Å². The van der Waals surface area contributed by atoms with Gasteiger partial charge in [-0.15, -0.1) is 6.42 Å². The van der Waals surface area contributed by atoms with Crippen molar-refractivity contribution in [3.05, 3.63) is 35.4 Å². The maximum Gasteiger partial charge on any atom is 0.408 e. The molecule has 3 amide bonds. The predicted molar refractivity (Wildman–Crippen MR) is 152 cm³/mol. The van der Waals surface area contributed by atoms with Crippen molar-refractivity contribution < 1.29 is 19.1 Å². The monoisotopic (exact) mass is 531 g/mol. The molecule has 7 nitrogen and oxygen atoms in total. The van der Waals surface area contributed by atoms with Gasteiger partial charge in [0.15, 0.2) is 0 Å². The Bertz CT molecular complexity index is 890. The zero-order valence-electron chi connectivity index (χ0n) is 23.4. The minimum absolute atomic E-state index is 0.241. The number of thioether (sulfide) groups is 1. The highest BCUT2D eigenvalue weighted by Crippen LogP contribution is 2.25. The van der Waals surface area contributed by atoms with E-state index in [1.54, 1.807) is 61.7 Å². The molecule has 0 radical (unpaired) electrons. The van der Waals surface area contributed by atoms with Crippen LogP contribution in [0.3, 0.4) is 0 Å². The second-order valence-corrected chi connectivity index (χ2v) is 11.0. The molecule has 0 aliphatic rings. The summed E-state index contributed by atoms with van der Waals surface area (Å²) in [5.74, 6) is 2.72. The van der Waals surface area contributed by atoms with Gasteiger partial charge in [-0.05, 0) is 69.7 Å². The van der Waals surface area contributed by atoms with E-state index in [2.05, 4.69) is 23.5 Å². The lowest BCUT2D eigenvalue weighted by molar-refractivity contribution is -0.142. The van der Waals surface area contributed by atoms with Gasteiger partial charge >= 0.3 is 6.09 Å². The molecular weight excluding hydrogens is 486 g/mol. The largest absolute Gasteiger partial charge is 0.444 e. The highest BCUT2D eigenvalue weighted by molar-refractivity contribution is 7.98. The van der Waals surface area contributed by atoms with Crippen LogP contribution in [0.5, 0.6) is 0 Å².